The Hall–Kier alpha value is -1.83. The predicted octanol–water partition coefficient (Wildman–Crippen LogP) is 6.29. The number of likely N-dealkylation sites (N-methyl/N-ethyl adjacent to an activating group) is 1. The van der Waals surface area contributed by atoms with Crippen molar-refractivity contribution in [2.75, 3.05) is 7.05 Å². The van der Waals surface area contributed by atoms with Crippen LogP contribution in [0.3, 0.4) is 0 Å². The summed E-state index contributed by atoms with van der Waals surface area (Å²) in [5.74, 6) is -0.0744. The highest BCUT2D eigenvalue weighted by Crippen LogP contribution is 2.40. The largest absolute Gasteiger partial charge is 0.356 e. The highest BCUT2D eigenvalue weighted by Gasteiger charge is 2.26. The first kappa shape index (κ1) is 23.2. The molecule has 0 aliphatic heterocycles. The fourth-order valence-electron chi connectivity index (χ4n) is 2.96. The average molecular weight is 344 g/mol. The number of amides is 1. The molecule has 140 valence electrons. The lowest BCUT2D eigenvalue weighted by atomic mass is 9.72. The zero-order valence-corrected chi connectivity index (χ0v) is 17.5. The van der Waals surface area contributed by atoms with E-state index in [4.69, 9.17) is 0 Å². The standard InChI is InChI=1S/C21H31NO.C2H6/c1-16(9-7-10-17(2)15-20(23)22-6)12-13-19-18(3)11-8-14-21(19,4)5;1-2/h7,9-10,12-13,15H,8,11,14H2,1-6H3,(H,22,23);1-2H3/b10-7+,13-12+,16-9+,17-15+;. The molecule has 0 atom stereocenters. The normalized spacial score (nSPS) is 18.4. The van der Waals surface area contributed by atoms with Crippen LogP contribution in [0.5, 0.6) is 0 Å². The minimum absolute atomic E-state index is 0.0744. The second kappa shape index (κ2) is 11.7. The Balaban J connectivity index is 0.00000277. The quantitative estimate of drug-likeness (QED) is 0.461. The summed E-state index contributed by atoms with van der Waals surface area (Å²) < 4.78 is 0. The Kier molecular flexibility index (Phi) is 10.8. The molecule has 1 aliphatic rings. The minimum Gasteiger partial charge on any atom is -0.356 e. The van der Waals surface area contributed by atoms with Gasteiger partial charge in [-0.25, -0.2) is 0 Å². The van der Waals surface area contributed by atoms with E-state index < -0.39 is 0 Å². The molecule has 1 N–H and O–H groups in total. The maximum Gasteiger partial charge on any atom is 0.243 e. The number of allylic oxidation sites excluding steroid dienone is 9. The molecule has 0 aromatic heterocycles. The Morgan fingerprint density at radius 2 is 1.76 bits per heavy atom. The third-order valence-electron chi connectivity index (χ3n) is 4.38. The van der Waals surface area contributed by atoms with Gasteiger partial charge < -0.3 is 5.32 Å². The van der Waals surface area contributed by atoms with Crippen LogP contribution in [0.2, 0.25) is 0 Å². The summed E-state index contributed by atoms with van der Waals surface area (Å²) in [6.07, 6.45) is 15.8. The Morgan fingerprint density at radius 3 is 2.32 bits per heavy atom. The predicted molar refractivity (Wildman–Crippen MR) is 112 cm³/mol. The van der Waals surface area contributed by atoms with Crippen LogP contribution < -0.4 is 5.32 Å². The van der Waals surface area contributed by atoms with Crippen molar-refractivity contribution in [1.29, 1.82) is 0 Å². The maximum absolute atomic E-state index is 11.2. The molecule has 0 saturated heterocycles. The van der Waals surface area contributed by atoms with Crippen molar-refractivity contribution in [3.05, 3.63) is 58.7 Å². The van der Waals surface area contributed by atoms with Gasteiger partial charge in [0.1, 0.15) is 0 Å². The molecule has 0 spiro atoms. The van der Waals surface area contributed by atoms with Crippen LogP contribution in [-0.2, 0) is 4.79 Å². The van der Waals surface area contributed by atoms with Crippen molar-refractivity contribution in [2.45, 2.75) is 67.7 Å². The summed E-state index contributed by atoms with van der Waals surface area (Å²) >= 11 is 0. The monoisotopic (exact) mass is 343 g/mol. The van der Waals surface area contributed by atoms with Crippen LogP contribution in [-0.4, -0.2) is 13.0 Å². The molecular weight excluding hydrogens is 306 g/mol. The van der Waals surface area contributed by atoms with E-state index in [1.165, 1.54) is 36.0 Å². The van der Waals surface area contributed by atoms with Crippen molar-refractivity contribution in [3.8, 4) is 0 Å². The van der Waals surface area contributed by atoms with Crippen LogP contribution in [0.4, 0.5) is 0 Å². The van der Waals surface area contributed by atoms with Gasteiger partial charge in [-0.2, -0.15) is 0 Å². The summed E-state index contributed by atoms with van der Waals surface area (Å²) in [6, 6.07) is 0. The van der Waals surface area contributed by atoms with Crippen LogP contribution in [0.25, 0.3) is 0 Å². The van der Waals surface area contributed by atoms with E-state index in [0.717, 1.165) is 5.57 Å². The van der Waals surface area contributed by atoms with Gasteiger partial charge in [0.05, 0.1) is 0 Å². The van der Waals surface area contributed by atoms with Gasteiger partial charge in [0.15, 0.2) is 0 Å². The first-order valence-electron chi connectivity index (χ1n) is 9.39. The van der Waals surface area contributed by atoms with Crippen LogP contribution in [0.1, 0.15) is 67.7 Å². The van der Waals surface area contributed by atoms with Crippen LogP contribution in [0.15, 0.2) is 58.7 Å². The molecule has 1 rings (SSSR count). The molecule has 2 nitrogen and oxygen atoms in total. The molecule has 0 aromatic rings. The second-order valence-electron chi connectivity index (χ2n) is 7.04. The Morgan fingerprint density at radius 1 is 1.12 bits per heavy atom. The van der Waals surface area contributed by atoms with Gasteiger partial charge >= 0.3 is 0 Å². The average Bonchev–Trinajstić information content (AvgIpc) is 2.55. The van der Waals surface area contributed by atoms with E-state index in [-0.39, 0.29) is 11.3 Å². The maximum atomic E-state index is 11.2. The zero-order valence-electron chi connectivity index (χ0n) is 17.5. The lowest BCUT2D eigenvalue weighted by molar-refractivity contribution is -0.116. The van der Waals surface area contributed by atoms with Gasteiger partial charge in [0.2, 0.25) is 5.91 Å². The molecule has 1 amide bonds. The molecule has 0 aromatic carbocycles. The van der Waals surface area contributed by atoms with Gasteiger partial charge in [-0.15, -0.1) is 0 Å². The molecule has 25 heavy (non-hydrogen) atoms. The van der Waals surface area contributed by atoms with Gasteiger partial charge in [-0.05, 0) is 56.6 Å². The third-order valence-corrected chi connectivity index (χ3v) is 4.38. The summed E-state index contributed by atoms with van der Waals surface area (Å²) in [5.41, 5.74) is 5.42. The molecule has 2 heteroatoms. The van der Waals surface area contributed by atoms with E-state index in [2.05, 4.69) is 51.2 Å². The van der Waals surface area contributed by atoms with E-state index in [0.29, 0.717) is 0 Å². The molecule has 0 unspecified atom stereocenters. The molecule has 0 heterocycles. The van der Waals surface area contributed by atoms with Crippen LogP contribution >= 0.6 is 0 Å². The zero-order chi connectivity index (χ0) is 19.5. The van der Waals surface area contributed by atoms with Gasteiger partial charge in [0.25, 0.3) is 0 Å². The van der Waals surface area contributed by atoms with E-state index in [9.17, 15) is 4.79 Å². The number of carbonyl (C=O) groups is 1. The molecule has 0 radical (unpaired) electrons. The highest BCUT2D eigenvalue weighted by molar-refractivity contribution is 5.88. The van der Waals surface area contributed by atoms with Crippen molar-refractivity contribution in [2.24, 2.45) is 5.41 Å². The number of carbonyl (C=O) groups excluding carboxylic acids is 1. The van der Waals surface area contributed by atoms with E-state index >= 15 is 0 Å². The Bertz CT molecular complexity index is 583. The molecule has 0 fully saturated rings. The third kappa shape index (κ3) is 8.72. The summed E-state index contributed by atoms with van der Waals surface area (Å²) in [7, 11) is 1.63. The minimum atomic E-state index is -0.0744. The van der Waals surface area contributed by atoms with E-state index in [1.807, 2.05) is 32.9 Å². The molecule has 0 bridgehead atoms. The number of rotatable bonds is 5. The summed E-state index contributed by atoms with van der Waals surface area (Å²) in [6.45, 7) is 14.9. The lowest BCUT2D eigenvalue weighted by Gasteiger charge is -2.32. The van der Waals surface area contributed by atoms with Crippen LogP contribution in [0, 0.1) is 5.41 Å². The smallest absolute Gasteiger partial charge is 0.243 e. The lowest BCUT2D eigenvalue weighted by Crippen LogP contribution is -2.19. The van der Waals surface area contributed by atoms with Crippen molar-refractivity contribution in [3.63, 3.8) is 0 Å². The number of hydrogen-bond acceptors (Lipinski definition) is 1. The van der Waals surface area contributed by atoms with Gasteiger partial charge in [-0.3, -0.25) is 4.79 Å². The number of hydrogen-bond donors (Lipinski definition) is 1. The fraction of sp³-hybridized carbons (Fsp3) is 0.522. The molecular formula is C23H37NO. The summed E-state index contributed by atoms with van der Waals surface area (Å²) in [5, 5.41) is 2.58. The SMILES string of the molecule is CC.CNC(=O)/C=C(C)/C=C/C=C(C)/C=C/C1=C(C)CCCC1(C)C. The van der Waals surface area contributed by atoms with Crippen molar-refractivity contribution < 1.29 is 4.79 Å². The summed E-state index contributed by atoms with van der Waals surface area (Å²) in [4.78, 5) is 11.2. The van der Waals surface area contributed by atoms with Gasteiger partial charge in [0, 0.05) is 13.1 Å². The van der Waals surface area contributed by atoms with Crippen molar-refractivity contribution in [1.82, 2.24) is 5.32 Å². The number of nitrogens with one attached hydrogen (secondary N) is 1. The fourth-order valence-corrected chi connectivity index (χ4v) is 2.96. The Labute approximate surface area is 155 Å². The van der Waals surface area contributed by atoms with Crippen molar-refractivity contribution >= 4 is 5.91 Å². The second-order valence-corrected chi connectivity index (χ2v) is 7.04. The van der Waals surface area contributed by atoms with Gasteiger partial charge in [-0.1, -0.05) is 69.2 Å². The first-order valence-corrected chi connectivity index (χ1v) is 9.39. The highest BCUT2D eigenvalue weighted by atomic mass is 16.1. The van der Waals surface area contributed by atoms with E-state index in [1.54, 1.807) is 13.1 Å². The first-order chi connectivity index (χ1) is 11.8. The molecule has 0 saturated carbocycles. The molecule has 1 aliphatic carbocycles. The topological polar surface area (TPSA) is 29.1 Å².